The van der Waals surface area contributed by atoms with Crippen LogP contribution < -0.4 is 0 Å². The lowest BCUT2D eigenvalue weighted by atomic mass is 9.79. The standard InChI is InChI=1S/C23H34Si/c1-17-14-19-10-6-7-11-20(19)22(17)24(3,4)21-16-23(15-18(21)2)12-8-5-9-13-23/h5-12,17-22H,13-16H2,1-4H3. The van der Waals surface area contributed by atoms with E-state index in [1.807, 2.05) is 0 Å². The Morgan fingerprint density at radius 2 is 1.71 bits per heavy atom. The van der Waals surface area contributed by atoms with Crippen molar-refractivity contribution in [3.8, 4) is 0 Å². The maximum atomic E-state index is 2.74. The molecule has 2 saturated carbocycles. The summed E-state index contributed by atoms with van der Waals surface area (Å²) in [7, 11) is -1.32. The van der Waals surface area contributed by atoms with Crippen LogP contribution in [0.1, 0.15) is 39.5 Å². The van der Waals surface area contributed by atoms with E-state index < -0.39 is 8.07 Å². The molecule has 130 valence electrons. The van der Waals surface area contributed by atoms with E-state index in [1.54, 1.807) is 0 Å². The van der Waals surface area contributed by atoms with Crippen molar-refractivity contribution < 1.29 is 0 Å². The lowest BCUT2D eigenvalue weighted by Gasteiger charge is -2.43. The molecule has 4 aliphatic rings. The van der Waals surface area contributed by atoms with Gasteiger partial charge in [0.1, 0.15) is 0 Å². The quantitative estimate of drug-likeness (QED) is 0.488. The van der Waals surface area contributed by atoms with Crippen LogP contribution in [0.5, 0.6) is 0 Å². The molecule has 0 radical (unpaired) electrons. The summed E-state index contributed by atoms with van der Waals surface area (Å²) >= 11 is 0. The second-order valence-corrected chi connectivity index (χ2v) is 15.0. The van der Waals surface area contributed by atoms with Gasteiger partial charge < -0.3 is 0 Å². The molecule has 2 fully saturated rings. The highest BCUT2D eigenvalue weighted by atomic mass is 28.3. The van der Waals surface area contributed by atoms with Crippen LogP contribution in [-0.2, 0) is 0 Å². The lowest BCUT2D eigenvalue weighted by molar-refractivity contribution is 0.382. The van der Waals surface area contributed by atoms with Gasteiger partial charge in [-0.1, -0.05) is 75.5 Å². The van der Waals surface area contributed by atoms with Gasteiger partial charge in [-0.25, -0.2) is 0 Å². The Bertz CT molecular complexity index is 608. The van der Waals surface area contributed by atoms with Crippen LogP contribution in [0.15, 0.2) is 48.6 Å². The highest BCUT2D eigenvalue weighted by Crippen LogP contribution is 2.63. The fraction of sp³-hybridized carbons (Fsp3) is 0.652. The smallest absolute Gasteiger partial charge is 0.0547 e. The highest BCUT2D eigenvalue weighted by Gasteiger charge is 2.55. The number of hydrogen-bond acceptors (Lipinski definition) is 0. The van der Waals surface area contributed by atoms with Crippen LogP contribution in [0.4, 0.5) is 0 Å². The van der Waals surface area contributed by atoms with E-state index in [0.717, 1.165) is 34.8 Å². The molecule has 1 heteroatoms. The van der Waals surface area contributed by atoms with E-state index in [9.17, 15) is 0 Å². The van der Waals surface area contributed by atoms with Gasteiger partial charge >= 0.3 is 0 Å². The normalized spacial score (nSPS) is 46.8. The zero-order chi connectivity index (χ0) is 16.9. The molecule has 4 aliphatic carbocycles. The SMILES string of the molecule is CC1CC2(C=CC=CC2)CC1[Si](C)(C)C1C(C)CC2C=CC=CC21. The van der Waals surface area contributed by atoms with Crippen LogP contribution >= 0.6 is 0 Å². The minimum atomic E-state index is -1.32. The van der Waals surface area contributed by atoms with Gasteiger partial charge in [-0.3, -0.25) is 0 Å². The molecular weight excluding hydrogens is 304 g/mol. The average Bonchev–Trinajstić information content (AvgIpc) is 3.05. The Morgan fingerprint density at radius 3 is 2.46 bits per heavy atom. The Labute approximate surface area is 149 Å². The summed E-state index contributed by atoms with van der Waals surface area (Å²) in [4.78, 5) is 0. The number of rotatable bonds is 2. The molecule has 0 aromatic heterocycles. The van der Waals surface area contributed by atoms with Gasteiger partial charge in [0.2, 0.25) is 0 Å². The summed E-state index contributed by atoms with van der Waals surface area (Å²) in [5.41, 5.74) is 2.45. The third-order valence-corrected chi connectivity index (χ3v) is 13.4. The zero-order valence-electron chi connectivity index (χ0n) is 15.9. The summed E-state index contributed by atoms with van der Waals surface area (Å²) < 4.78 is 0. The maximum absolute atomic E-state index is 2.74. The van der Waals surface area contributed by atoms with Gasteiger partial charge in [0, 0.05) is 0 Å². The van der Waals surface area contributed by atoms with Crippen molar-refractivity contribution >= 4 is 8.07 Å². The van der Waals surface area contributed by atoms with Crippen molar-refractivity contribution in [1.29, 1.82) is 0 Å². The first-order chi connectivity index (χ1) is 11.4. The molecule has 4 rings (SSSR count). The minimum Gasteiger partial charge on any atom is -0.0837 e. The van der Waals surface area contributed by atoms with Crippen molar-refractivity contribution in [2.24, 2.45) is 29.1 Å². The van der Waals surface area contributed by atoms with E-state index in [4.69, 9.17) is 0 Å². The van der Waals surface area contributed by atoms with Crippen LogP contribution in [-0.4, -0.2) is 8.07 Å². The van der Waals surface area contributed by atoms with Crippen molar-refractivity contribution in [1.82, 2.24) is 0 Å². The fourth-order valence-corrected chi connectivity index (χ4v) is 13.2. The van der Waals surface area contributed by atoms with Gasteiger partial charge in [-0.15, -0.1) is 0 Å². The van der Waals surface area contributed by atoms with E-state index >= 15 is 0 Å². The summed E-state index contributed by atoms with van der Waals surface area (Å²) in [6.45, 7) is 10.6. The Morgan fingerprint density at radius 1 is 0.917 bits per heavy atom. The van der Waals surface area contributed by atoms with Crippen LogP contribution in [0.3, 0.4) is 0 Å². The van der Waals surface area contributed by atoms with E-state index in [-0.39, 0.29) is 0 Å². The van der Waals surface area contributed by atoms with Gasteiger partial charge in [-0.2, -0.15) is 0 Å². The zero-order valence-corrected chi connectivity index (χ0v) is 16.9. The predicted molar refractivity (Wildman–Crippen MR) is 108 cm³/mol. The van der Waals surface area contributed by atoms with E-state index in [1.165, 1.54) is 25.7 Å². The molecule has 0 saturated heterocycles. The van der Waals surface area contributed by atoms with Crippen LogP contribution in [0.25, 0.3) is 0 Å². The van der Waals surface area contributed by atoms with Crippen LogP contribution in [0.2, 0.25) is 24.2 Å². The third kappa shape index (κ3) is 2.55. The fourth-order valence-electron chi connectivity index (χ4n) is 7.24. The Hall–Kier alpha value is -0.823. The summed E-state index contributed by atoms with van der Waals surface area (Å²) in [5, 5.41) is 0. The number of allylic oxidation sites excluding steroid dienone is 8. The van der Waals surface area contributed by atoms with Crippen molar-refractivity contribution in [3.05, 3.63) is 48.6 Å². The van der Waals surface area contributed by atoms with Crippen LogP contribution in [0, 0.1) is 29.1 Å². The second-order valence-electron chi connectivity index (χ2n) is 9.92. The summed E-state index contributed by atoms with van der Waals surface area (Å²) in [5.74, 6) is 3.46. The molecular formula is C23H34Si. The molecule has 0 nitrogen and oxygen atoms in total. The topological polar surface area (TPSA) is 0 Å². The Kier molecular flexibility index (Phi) is 4.07. The predicted octanol–water partition coefficient (Wildman–Crippen LogP) is 6.77. The van der Waals surface area contributed by atoms with E-state index in [0.29, 0.717) is 5.41 Å². The molecule has 0 amide bonds. The van der Waals surface area contributed by atoms with Gasteiger partial charge in [0.15, 0.2) is 0 Å². The highest BCUT2D eigenvalue weighted by molar-refractivity contribution is 6.80. The first kappa shape index (κ1) is 16.6. The molecule has 24 heavy (non-hydrogen) atoms. The van der Waals surface area contributed by atoms with E-state index in [2.05, 4.69) is 75.5 Å². The first-order valence-corrected chi connectivity index (χ1v) is 13.3. The molecule has 0 aliphatic heterocycles. The van der Waals surface area contributed by atoms with Gasteiger partial charge in [0.05, 0.1) is 8.07 Å². The molecule has 7 unspecified atom stereocenters. The van der Waals surface area contributed by atoms with Crippen molar-refractivity contribution in [2.75, 3.05) is 0 Å². The number of hydrogen-bond donors (Lipinski definition) is 0. The third-order valence-electron chi connectivity index (χ3n) is 8.05. The molecule has 0 N–H and O–H groups in total. The summed E-state index contributed by atoms with van der Waals surface area (Å²) in [6.07, 6.45) is 24.8. The molecule has 0 heterocycles. The van der Waals surface area contributed by atoms with Crippen molar-refractivity contribution in [3.63, 3.8) is 0 Å². The Balaban J connectivity index is 1.60. The largest absolute Gasteiger partial charge is 0.0837 e. The second kappa shape index (κ2) is 5.87. The molecule has 7 atom stereocenters. The number of fused-ring (bicyclic) bond motifs is 1. The molecule has 0 aromatic carbocycles. The van der Waals surface area contributed by atoms with Gasteiger partial charge in [-0.05, 0) is 65.9 Å². The summed E-state index contributed by atoms with van der Waals surface area (Å²) in [6, 6.07) is 0. The molecule has 1 spiro atoms. The first-order valence-electron chi connectivity index (χ1n) is 10.1. The maximum Gasteiger partial charge on any atom is 0.0547 e. The average molecular weight is 339 g/mol. The minimum absolute atomic E-state index is 0.493. The lowest BCUT2D eigenvalue weighted by Crippen LogP contribution is -2.43. The van der Waals surface area contributed by atoms with Gasteiger partial charge in [0.25, 0.3) is 0 Å². The monoisotopic (exact) mass is 338 g/mol. The molecule has 0 aromatic rings. The van der Waals surface area contributed by atoms with Crippen molar-refractivity contribution in [2.45, 2.75) is 63.7 Å². The molecule has 0 bridgehead atoms.